The number of nitrogens with zero attached hydrogens (tertiary/aromatic N) is 1. The Kier molecular flexibility index (Phi) is 24.5. The van der Waals surface area contributed by atoms with Crippen LogP contribution in [0, 0.1) is 0 Å². The zero-order chi connectivity index (χ0) is 42.9. The number of carbonyl (C=O) groups excluding carboxylic acids is 10. The minimum Gasteiger partial charge on any atom is -0.368 e. The molecule has 1 aliphatic rings. The van der Waals surface area contributed by atoms with E-state index in [9.17, 15) is 47.9 Å². The number of unbranched alkanes of at least 4 members (excludes halogenated alkanes) is 3. The molecule has 10 amide bonds. The Balaban J connectivity index is 2.59. The van der Waals surface area contributed by atoms with Crippen LogP contribution in [0.3, 0.4) is 0 Å². The molecule has 5 unspecified atom stereocenters. The molecule has 0 aromatic rings. The van der Waals surface area contributed by atoms with Crippen molar-refractivity contribution in [1.82, 2.24) is 42.1 Å². The Labute approximate surface area is 338 Å². The van der Waals surface area contributed by atoms with Crippen molar-refractivity contribution in [2.45, 2.75) is 127 Å². The van der Waals surface area contributed by atoms with E-state index in [1.807, 2.05) is 0 Å². The molecule has 1 heterocycles. The maximum atomic E-state index is 13.1. The highest BCUT2D eigenvalue weighted by atomic mass is 32.2. The Morgan fingerprint density at radius 3 is 1.84 bits per heavy atom. The third-order valence-electron chi connectivity index (χ3n) is 8.92. The predicted molar refractivity (Wildman–Crippen MR) is 211 cm³/mol. The fraction of sp³-hybridized carbons (Fsp3) is 0.722. The first kappa shape index (κ1) is 50.2. The van der Waals surface area contributed by atoms with Crippen molar-refractivity contribution in [3.63, 3.8) is 0 Å². The van der Waals surface area contributed by atoms with Gasteiger partial charge in [0.15, 0.2) is 0 Å². The molecule has 20 nitrogen and oxygen atoms in total. The van der Waals surface area contributed by atoms with Crippen molar-refractivity contribution < 1.29 is 47.9 Å². The average Bonchev–Trinajstić information content (AvgIpc) is 3.43. The zero-order valence-electron chi connectivity index (χ0n) is 33.5. The lowest BCUT2D eigenvalue weighted by Crippen LogP contribution is -2.54. The molecule has 1 saturated heterocycles. The van der Waals surface area contributed by atoms with Crippen molar-refractivity contribution in [3.05, 3.63) is 0 Å². The second kappa shape index (κ2) is 27.7. The third kappa shape index (κ3) is 20.3. The van der Waals surface area contributed by atoms with Crippen LogP contribution in [0.4, 0.5) is 0 Å². The minimum atomic E-state index is -1.09. The Morgan fingerprint density at radius 2 is 1.28 bits per heavy atom. The van der Waals surface area contributed by atoms with Crippen LogP contribution in [-0.4, -0.2) is 132 Å². The number of hydrogen-bond donors (Lipinski definition) is 9. The maximum absolute atomic E-state index is 13.1. The highest BCUT2D eigenvalue weighted by Gasteiger charge is 2.40. The van der Waals surface area contributed by atoms with E-state index in [1.54, 1.807) is 6.92 Å². The lowest BCUT2D eigenvalue weighted by molar-refractivity contribution is -0.139. The third-order valence-corrected chi connectivity index (χ3v) is 10.2. The Morgan fingerprint density at radius 1 is 0.719 bits per heavy atom. The number of amides is 10. The van der Waals surface area contributed by atoms with Crippen LogP contribution in [0.5, 0.6) is 0 Å². The first-order chi connectivity index (χ1) is 27.0. The van der Waals surface area contributed by atoms with E-state index in [0.29, 0.717) is 64.5 Å². The summed E-state index contributed by atoms with van der Waals surface area (Å²) in [6, 6.07) is -3.84. The second-order valence-corrected chi connectivity index (χ2v) is 14.9. The van der Waals surface area contributed by atoms with E-state index in [-0.39, 0.29) is 56.3 Å². The summed E-state index contributed by atoms with van der Waals surface area (Å²) in [5.41, 5.74) is 11.1. The molecule has 1 aliphatic heterocycles. The number of likely N-dealkylation sites (N-methyl/N-ethyl adjacent to an activating group) is 1. The summed E-state index contributed by atoms with van der Waals surface area (Å²) in [5, 5.41) is 17.5. The second-order valence-electron chi connectivity index (χ2n) is 13.6. The molecule has 0 aromatic heterocycles. The van der Waals surface area contributed by atoms with Crippen LogP contribution >= 0.6 is 11.8 Å². The summed E-state index contributed by atoms with van der Waals surface area (Å²) in [7, 11) is 1.44. The van der Waals surface area contributed by atoms with Crippen molar-refractivity contribution in [3.8, 4) is 0 Å². The molecule has 322 valence electrons. The van der Waals surface area contributed by atoms with Crippen molar-refractivity contribution in [2.24, 2.45) is 11.5 Å². The number of imide groups is 1. The first-order valence-corrected chi connectivity index (χ1v) is 20.4. The topological polar surface area (TPSA) is 310 Å². The Bertz CT molecular complexity index is 1420. The van der Waals surface area contributed by atoms with Gasteiger partial charge >= 0.3 is 0 Å². The number of primary amides is 1. The highest BCUT2D eigenvalue weighted by molar-refractivity contribution is 8.00. The average molecular weight is 827 g/mol. The normalized spacial score (nSPS) is 15.7. The number of nitrogens with two attached hydrogens (primary N) is 2. The van der Waals surface area contributed by atoms with E-state index in [4.69, 9.17) is 11.5 Å². The molecular formula is C36H62N10O10S. The van der Waals surface area contributed by atoms with Gasteiger partial charge in [0.25, 0.3) is 0 Å². The largest absolute Gasteiger partial charge is 0.368 e. The number of likely N-dealkylation sites (tertiary alicyclic amines) is 1. The van der Waals surface area contributed by atoms with Gasteiger partial charge in [0, 0.05) is 65.5 Å². The van der Waals surface area contributed by atoms with E-state index >= 15 is 0 Å². The van der Waals surface area contributed by atoms with Crippen molar-refractivity contribution >= 4 is 70.8 Å². The molecule has 5 atom stereocenters. The molecule has 57 heavy (non-hydrogen) atoms. The molecule has 0 aliphatic carbocycles. The minimum absolute atomic E-state index is 0.0515. The van der Waals surface area contributed by atoms with E-state index in [2.05, 4.69) is 37.2 Å². The van der Waals surface area contributed by atoms with Gasteiger partial charge in [0.1, 0.15) is 24.2 Å². The Hall–Kier alpha value is -4.79. The molecule has 0 saturated carbocycles. The van der Waals surface area contributed by atoms with Crippen LogP contribution in [0.15, 0.2) is 0 Å². The van der Waals surface area contributed by atoms with Crippen molar-refractivity contribution in [1.29, 1.82) is 0 Å². The molecule has 0 spiro atoms. The zero-order valence-corrected chi connectivity index (χ0v) is 34.3. The predicted octanol–water partition coefficient (Wildman–Crippen LogP) is -2.44. The lowest BCUT2D eigenvalue weighted by atomic mass is 10.1. The fourth-order valence-corrected chi connectivity index (χ4v) is 6.92. The number of thioether (sulfide) groups is 1. The SMILES string of the molecule is CCC(=O)NC(CCCCNC(C)=O)C(=O)NC(CCCCNC(=O)CCN1C(=O)CC(SCC(NC(C)=O)C(=O)NC(CCCCN)C(=O)NC)C1=O)C(N)=O. The summed E-state index contributed by atoms with van der Waals surface area (Å²) >= 11 is 1.02. The van der Waals surface area contributed by atoms with Gasteiger partial charge in [0.2, 0.25) is 59.1 Å². The molecule has 0 radical (unpaired) electrons. The molecule has 21 heteroatoms. The van der Waals surface area contributed by atoms with Gasteiger partial charge in [-0.3, -0.25) is 52.8 Å². The van der Waals surface area contributed by atoms with Gasteiger partial charge in [0.05, 0.1) is 5.25 Å². The monoisotopic (exact) mass is 826 g/mol. The van der Waals surface area contributed by atoms with Gasteiger partial charge in [-0.15, -0.1) is 11.8 Å². The van der Waals surface area contributed by atoms with Crippen LogP contribution in [-0.2, 0) is 47.9 Å². The molecule has 1 fully saturated rings. The van der Waals surface area contributed by atoms with E-state index in [1.165, 1.54) is 20.9 Å². The van der Waals surface area contributed by atoms with Gasteiger partial charge in [-0.1, -0.05) is 6.92 Å². The first-order valence-electron chi connectivity index (χ1n) is 19.4. The van der Waals surface area contributed by atoms with Gasteiger partial charge in [-0.2, -0.15) is 0 Å². The molecule has 0 bridgehead atoms. The molecule has 1 rings (SSSR count). The smallest absolute Gasteiger partial charge is 0.244 e. The molecular weight excluding hydrogens is 765 g/mol. The standard InChI is InChI=1S/C36H62N10O10S/c1-5-29(49)43-26(14-8-10-17-40-22(2)47)34(54)44-24(32(38)52)12-7-11-18-41-30(50)15-19-46-31(51)20-28(36(46)56)57-21-27(42-23(3)48)35(55)45-25(33(53)39-4)13-6-9-16-37/h24-28H,5-21,37H2,1-4H3,(H2,38,52)(H,39,53)(H,40,47)(H,41,50)(H,42,48)(H,43,49)(H,44,54)(H,45,55). The summed E-state index contributed by atoms with van der Waals surface area (Å²) < 4.78 is 0. The van der Waals surface area contributed by atoms with Crippen molar-refractivity contribution in [2.75, 3.05) is 39.0 Å². The summed E-state index contributed by atoms with van der Waals surface area (Å²) in [5.74, 6) is -4.81. The van der Waals surface area contributed by atoms with Crippen LogP contribution in [0.1, 0.15) is 97.8 Å². The lowest BCUT2D eigenvalue weighted by Gasteiger charge is -2.23. The van der Waals surface area contributed by atoms with Crippen LogP contribution < -0.4 is 48.7 Å². The van der Waals surface area contributed by atoms with Crippen LogP contribution in [0.2, 0.25) is 0 Å². The molecule has 0 aromatic carbocycles. The highest BCUT2D eigenvalue weighted by Crippen LogP contribution is 2.26. The fourth-order valence-electron chi connectivity index (χ4n) is 5.73. The van der Waals surface area contributed by atoms with E-state index in [0.717, 1.165) is 16.7 Å². The summed E-state index contributed by atoms with van der Waals surface area (Å²) in [6.07, 6.45) is 3.84. The maximum Gasteiger partial charge on any atom is 0.244 e. The number of carbonyl (C=O) groups is 10. The van der Waals surface area contributed by atoms with E-state index < -0.39 is 76.7 Å². The van der Waals surface area contributed by atoms with Crippen LogP contribution in [0.25, 0.3) is 0 Å². The van der Waals surface area contributed by atoms with Gasteiger partial charge in [-0.25, -0.2) is 0 Å². The summed E-state index contributed by atoms with van der Waals surface area (Å²) in [4.78, 5) is 125. The van der Waals surface area contributed by atoms with Gasteiger partial charge in [-0.05, 0) is 64.3 Å². The van der Waals surface area contributed by atoms with Gasteiger partial charge < -0.3 is 48.7 Å². The number of hydrogen-bond acceptors (Lipinski definition) is 12. The summed E-state index contributed by atoms with van der Waals surface area (Å²) in [6.45, 7) is 5.17. The number of rotatable bonds is 29. The molecule has 11 N–H and O–H groups in total. The number of nitrogens with one attached hydrogen (secondary N) is 7. The quantitative estimate of drug-likeness (QED) is 0.0281.